The van der Waals surface area contributed by atoms with Crippen molar-refractivity contribution in [1.82, 2.24) is 10.6 Å². The molecule has 1 aliphatic heterocycles. The van der Waals surface area contributed by atoms with Crippen LogP contribution in [0.3, 0.4) is 0 Å². The molecule has 1 saturated heterocycles. The van der Waals surface area contributed by atoms with Crippen LogP contribution in [0.4, 0.5) is 4.39 Å². The van der Waals surface area contributed by atoms with Crippen molar-refractivity contribution in [3.05, 3.63) is 29.6 Å². The Hall–Kier alpha value is -1.09. The normalized spacial score (nSPS) is 21.1. The summed E-state index contributed by atoms with van der Waals surface area (Å²) in [4.78, 5) is 4.82. The van der Waals surface area contributed by atoms with Crippen LogP contribution in [0.2, 0.25) is 0 Å². The number of nitrogens with one attached hydrogen (secondary N) is 2. The van der Waals surface area contributed by atoms with E-state index in [0.29, 0.717) is 12.5 Å². The predicted molar refractivity (Wildman–Crippen MR) is 128 cm³/mol. The van der Waals surface area contributed by atoms with Crippen LogP contribution in [0.15, 0.2) is 23.2 Å². The quantitative estimate of drug-likeness (QED) is 0.318. The van der Waals surface area contributed by atoms with Crippen molar-refractivity contribution in [3.8, 4) is 5.75 Å². The molecule has 2 N–H and O–H groups in total. The average molecular weight is 521 g/mol. The van der Waals surface area contributed by atoms with Gasteiger partial charge in [-0.25, -0.2) is 4.39 Å². The summed E-state index contributed by atoms with van der Waals surface area (Å²) in [5.74, 6) is 1.03. The zero-order chi connectivity index (χ0) is 20.7. The molecule has 0 saturated carbocycles. The minimum atomic E-state index is -0.358. The Bertz CT molecular complexity index is 664. The summed E-state index contributed by atoms with van der Waals surface area (Å²) in [7, 11) is 1.47. The van der Waals surface area contributed by atoms with Gasteiger partial charge in [0.25, 0.3) is 0 Å². The van der Waals surface area contributed by atoms with Crippen molar-refractivity contribution in [2.24, 2.45) is 16.3 Å². The number of benzene rings is 1. The number of halogens is 2. The Morgan fingerprint density at radius 3 is 2.69 bits per heavy atom. The lowest BCUT2D eigenvalue weighted by atomic mass is 9.78. The SMILES string of the molecule is CCNC(=NCC1CCCOC1C(C)(C)C)NC(C)c1ccc(OC)c(F)c1.I. The summed E-state index contributed by atoms with van der Waals surface area (Å²) in [5.41, 5.74) is 0.942. The molecule has 0 spiro atoms. The largest absolute Gasteiger partial charge is 0.494 e. The summed E-state index contributed by atoms with van der Waals surface area (Å²) in [6.07, 6.45) is 2.42. The van der Waals surface area contributed by atoms with E-state index in [2.05, 4.69) is 31.4 Å². The maximum Gasteiger partial charge on any atom is 0.191 e. The highest BCUT2D eigenvalue weighted by molar-refractivity contribution is 14.0. The van der Waals surface area contributed by atoms with E-state index in [1.54, 1.807) is 6.07 Å². The maximum atomic E-state index is 14.0. The number of guanidine groups is 1. The van der Waals surface area contributed by atoms with Gasteiger partial charge >= 0.3 is 0 Å². The molecule has 3 unspecified atom stereocenters. The molecular weight excluding hydrogens is 484 g/mol. The van der Waals surface area contributed by atoms with E-state index < -0.39 is 0 Å². The van der Waals surface area contributed by atoms with Crippen molar-refractivity contribution in [3.63, 3.8) is 0 Å². The Kier molecular flexibility index (Phi) is 10.7. The number of methoxy groups -OCH3 is 1. The number of nitrogens with zero attached hydrogens (tertiary/aromatic N) is 1. The van der Waals surface area contributed by atoms with Gasteiger partial charge < -0.3 is 20.1 Å². The molecule has 1 aromatic rings. The topological polar surface area (TPSA) is 54.9 Å². The van der Waals surface area contributed by atoms with Gasteiger partial charge in [-0.05, 0) is 49.8 Å². The first-order chi connectivity index (χ1) is 13.3. The first-order valence-corrected chi connectivity index (χ1v) is 10.3. The molecule has 166 valence electrons. The third-order valence-electron chi connectivity index (χ3n) is 5.16. The molecule has 1 heterocycles. The minimum absolute atomic E-state index is 0. The number of hydrogen-bond donors (Lipinski definition) is 2. The Morgan fingerprint density at radius 1 is 1.38 bits per heavy atom. The van der Waals surface area contributed by atoms with E-state index in [1.807, 2.05) is 19.9 Å². The third kappa shape index (κ3) is 7.59. The second-order valence-electron chi connectivity index (χ2n) is 8.54. The second kappa shape index (κ2) is 11.9. The molecule has 29 heavy (non-hydrogen) atoms. The third-order valence-corrected chi connectivity index (χ3v) is 5.16. The van der Waals surface area contributed by atoms with Crippen LogP contribution in [0, 0.1) is 17.2 Å². The zero-order valence-corrected chi connectivity index (χ0v) is 20.9. The van der Waals surface area contributed by atoms with E-state index >= 15 is 0 Å². The van der Waals surface area contributed by atoms with Crippen molar-refractivity contribution in [2.45, 2.75) is 59.6 Å². The van der Waals surface area contributed by atoms with E-state index in [9.17, 15) is 4.39 Å². The standard InChI is InChI=1S/C22H36FN3O2.HI/c1-7-24-21(25-14-17-9-8-12-28-20(17)22(3,4)5)26-15(2)16-10-11-19(27-6)18(23)13-16;/h10-11,13,15,17,20H,7-9,12,14H2,1-6H3,(H2,24,25,26);1H. The smallest absolute Gasteiger partial charge is 0.191 e. The predicted octanol–water partition coefficient (Wildman–Crippen LogP) is 4.91. The molecule has 0 aromatic heterocycles. The van der Waals surface area contributed by atoms with E-state index in [4.69, 9.17) is 14.5 Å². The van der Waals surface area contributed by atoms with Crippen LogP contribution in [0.25, 0.3) is 0 Å². The molecule has 1 aliphatic rings. The first kappa shape index (κ1) is 25.9. The van der Waals surface area contributed by atoms with Gasteiger partial charge in [-0.2, -0.15) is 0 Å². The lowest BCUT2D eigenvalue weighted by molar-refractivity contribution is -0.0823. The highest BCUT2D eigenvalue weighted by Crippen LogP contribution is 2.34. The van der Waals surface area contributed by atoms with Crippen molar-refractivity contribution < 1.29 is 13.9 Å². The van der Waals surface area contributed by atoms with Gasteiger partial charge in [0.05, 0.1) is 19.3 Å². The van der Waals surface area contributed by atoms with Crippen molar-refractivity contribution >= 4 is 29.9 Å². The van der Waals surface area contributed by atoms with Crippen LogP contribution >= 0.6 is 24.0 Å². The minimum Gasteiger partial charge on any atom is -0.494 e. The van der Waals surface area contributed by atoms with Crippen LogP contribution in [-0.2, 0) is 4.74 Å². The Balaban J connectivity index is 0.00000420. The first-order valence-electron chi connectivity index (χ1n) is 10.3. The molecule has 1 fully saturated rings. The molecule has 1 aromatic carbocycles. The highest BCUT2D eigenvalue weighted by atomic mass is 127. The highest BCUT2D eigenvalue weighted by Gasteiger charge is 2.35. The van der Waals surface area contributed by atoms with E-state index in [1.165, 1.54) is 13.2 Å². The lowest BCUT2D eigenvalue weighted by Crippen LogP contribution is -2.43. The summed E-state index contributed by atoms with van der Waals surface area (Å²) in [5, 5.41) is 6.68. The molecule has 7 heteroatoms. The van der Waals surface area contributed by atoms with Gasteiger partial charge in [0.15, 0.2) is 17.5 Å². The molecule has 0 aliphatic carbocycles. The van der Waals surface area contributed by atoms with E-state index in [-0.39, 0.29) is 53.1 Å². The fraction of sp³-hybridized carbons (Fsp3) is 0.682. The average Bonchev–Trinajstić information content (AvgIpc) is 2.65. The zero-order valence-electron chi connectivity index (χ0n) is 18.5. The van der Waals surface area contributed by atoms with Gasteiger partial charge in [0.1, 0.15) is 0 Å². The maximum absolute atomic E-state index is 14.0. The van der Waals surface area contributed by atoms with Crippen LogP contribution in [-0.4, -0.2) is 38.9 Å². The molecule has 2 rings (SSSR count). The van der Waals surface area contributed by atoms with E-state index in [0.717, 1.165) is 37.5 Å². The molecule has 3 atom stereocenters. The lowest BCUT2D eigenvalue weighted by Gasteiger charge is -2.39. The van der Waals surface area contributed by atoms with Gasteiger partial charge in [-0.1, -0.05) is 26.8 Å². The van der Waals surface area contributed by atoms with Gasteiger partial charge in [-0.15, -0.1) is 24.0 Å². The number of ether oxygens (including phenoxy) is 2. The molecular formula is C22H37FIN3O2. The second-order valence-corrected chi connectivity index (χ2v) is 8.54. The summed E-state index contributed by atoms with van der Waals surface area (Å²) in [6.45, 7) is 13.0. The molecule has 0 radical (unpaired) electrons. The fourth-order valence-electron chi connectivity index (χ4n) is 3.76. The van der Waals surface area contributed by atoms with Gasteiger partial charge in [0, 0.05) is 25.6 Å². The van der Waals surface area contributed by atoms with Crippen molar-refractivity contribution in [1.29, 1.82) is 0 Å². The van der Waals surface area contributed by atoms with Crippen LogP contribution in [0.1, 0.15) is 59.1 Å². The Labute approximate surface area is 192 Å². The number of hydrogen-bond acceptors (Lipinski definition) is 3. The van der Waals surface area contributed by atoms with Crippen LogP contribution < -0.4 is 15.4 Å². The molecule has 0 amide bonds. The summed E-state index contributed by atoms with van der Waals surface area (Å²) >= 11 is 0. The summed E-state index contributed by atoms with van der Waals surface area (Å²) in [6, 6.07) is 4.94. The summed E-state index contributed by atoms with van der Waals surface area (Å²) < 4.78 is 25.1. The number of rotatable bonds is 6. The molecule has 0 bridgehead atoms. The number of aliphatic imine (C=N–C) groups is 1. The van der Waals surface area contributed by atoms with Gasteiger partial charge in [0.2, 0.25) is 0 Å². The van der Waals surface area contributed by atoms with Gasteiger partial charge in [-0.3, -0.25) is 4.99 Å². The molecule has 5 nitrogen and oxygen atoms in total. The van der Waals surface area contributed by atoms with Crippen molar-refractivity contribution in [2.75, 3.05) is 26.8 Å². The monoisotopic (exact) mass is 521 g/mol. The fourth-order valence-corrected chi connectivity index (χ4v) is 3.76. The van der Waals surface area contributed by atoms with Crippen LogP contribution in [0.5, 0.6) is 5.75 Å². The Morgan fingerprint density at radius 2 is 2.10 bits per heavy atom.